The zero-order valence-electron chi connectivity index (χ0n) is 10.3. The third-order valence-electron chi connectivity index (χ3n) is 2.59. The number of unbranched alkanes of at least 4 members (excludes halogenated alkanes) is 4. The highest BCUT2D eigenvalue weighted by atomic mass is 79.9. The van der Waals surface area contributed by atoms with E-state index < -0.39 is 4.92 Å². The monoisotopic (exact) mass is 315 g/mol. The Labute approximate surface area is 116 Å². The predicted molar refractivity (Wildman–Crippen MR) is 75.5 cm³/mol. The van der Waals surface area contributed by atoms with Crippen molar-refractivity contribution in [3.8, 4) is 5.75 Å². The molecule has 1 aromatic carbocycles. The van der Waals surface area contributed by atoms with Gasteiger partial charge < -0.3 is 4.74 Å². The first-order valence-corrected chi connectivity index (χ1v) is 7.29. The van der Waals surface area contributed by atoms with Crippen LogP contribution < -0.4 is 4.74 Å². The first kappa shape index (κ1) is 15.0. The van der Waals surface area contributed by atoms with Crippen molar-refractivity contribution in [1.29, 1.82) is 0 Å². The average Bonchev–Trinajstić information content (AvgIpc) is 2.38. The molecule has 0 heterocycles. The first-order valence-electron chi connectivity index (χ1n) is 6.17. The van der Waals surface area contributed by atoms with E-state index in [9.17, 15) is 10.1 Å². The molecule has 0 aliphatic heterocycles. The van der Waals surface area contributed by atoms with Gasteiger partial charge in [0.05, 0.1) is 11.5 Å². The fraction of sp³-hybridized carbons (Fsp3) is 0.538. The number of hydrogen-bond acceptors (Lipinski definition) is 3. The fourth-order valence-corrected chi connectivity index (χ4v) is 1.98. The molecule has 0 aliphatic carbocycles. The number of rotatable bonds is 9. The zero-order valence-corrected chi connectivity index (χ0v) is 11.9. The van der Waals surface area contributed by atoms with Crippen LogP contribution in [0.4, 0.5) is 5.69 Å². The first-order chi connectivity index (χ1) is 8.74. The van der Waals surface area contributed by atoms with Gasteiger partial charge >= 0.3 is 0 Å². The predicted octanol–water partition coefficient (Wildman–Crippen LogP) is 4.32. The van der Waals surface area contributed by atoms with E-state index in [0.717, 1.165) is 11.8 Å². The number of ether oxygens (including phenoxy) is 1. The summed E-state index contributed by atoms with van der Waals surface area (Å²) < 4.78 is 5.52. The molecule has 0 atom stereocenters. The molecule has 0 saturated carbocycles. The summed E-state index contributed by atoms with van der Waals surface area (Å²) in [6, 6.07) is 6.21. The molecule has 4 nitrogen and oxygen atoms in total. The molecular weight excluding hydrogens is 298 g/mol. The molecule has 0 spiro atoms. The van der Waals surface area contributed by atoms with Gasteiger partial charge in [0, 0.05) is 17.5 Å². The standard InChI is InChI=1S/C13H18BrNO3/c14-10-4-2-1-3-5-11-18-13-8-6-12(7-9-13)15(16)17/h6-9H,1-5,10-11H2. The van der Waals surface area contributed by atoms with Crippen molar-refractivity contribution in [2.24, 2.45) is 0 Å². The van der Waals surface area contributed by atoms with Crippen molar-refractivity contribution in [1.82, 2.24) is 0 Å². The minimum atomic E-state index is -0.409. The van der Waals surface area contributed by atoms with Gasteiger partial charge in [-0.25, -0.2) is 0 Å². The Morgan fingerprint density at radius 2 is 1.67 bits per heavy atom. The maximum Gasteiger partial charge on any atom is 0.269 e. The summed E-state index contributed by atoms with van der Waals surface area (Å²) in [5, 5.41) is 11.5. The van der Waals surface area contributed by atoms with Gasteiger partial charge in [-0.2, -0.15) is 0 Å². The summed E-state index contributed by atoms with van der Waals surface area (Å²) in [7, 11) is 0. The largest absolute Gasteiger partial charge is 0.494 e. The SMILES string of the molecule is O=[N+]([O-])c1ccc(OCCCCCCCBr)cc1. The number of benzene rings is 1. The maximum absolute atomic E-state index is 10.5. The highest BCUT2D eigenvalue weighted by Gasteiger charge is 2.03. The van der Waals surface area contributed by atoms with Gasteiger partial charge in [-0.1, -0.05) is 35.2 Å². The Morgan fingerprint density at radius 3 is 2.28 bits per heavy atom. The van der Waals surface area contributed by atoms with Crippen molar-refractivity contribution >= 4 is 21.6 Å². The number of nitro groups is 1. The summed E-state index contributed by atoms with van der Waals surface area (Å²) in [6.45, 7) is 0.673. The molecule has 1 aromatic rings. The summed E-state index contributed by atoms with van der Waals surface area (Å²) >= 11 is 3.41. The van der Waals surface area contributed by atoms with Crippen LogP contribution in [0.2, 0.25) is 0 Å². The third-order valence-corrected chi connectivity index (χ3v) is 3.15. The maximum atomic E-state index is 10.5. The van der Waals surface area contributed by atoms with Crippen molar-refractivity contribution in [3.05, 3.63) is 34.4 Å². The number of hydrogen-bond donors (Lipinski definition) is 0. The van der Waals surface area contributed by atoms with Crippen LogP contribution in [0, 0.1) is 10.1 Å². The zero-order chi connectivity index (χ0) is 13.2. The molecule has 0 N–H and O–H groups in total. The fourth-order valence-electron chi connectivity index (χ4n) is 1.58. The summed E-state index contributed by atoms with van der Waals surface area (Å²) in [5.74, 6) is 0.695. The van der Waals surface area contributed by atoms with E-state index >= 15 is 0 Å². The second kappa shape index (κ2) is 8.91. The van der Waals surface area contributed by atoms with Crippen LogP contribution in [0.5, 0.6) is 5.75 Å². The lowest BCUT2D eigenvalue weighted by Crippen LogP contribution is -1.97. The Balaban J connectivity index is 2.14. The summed E-state index contributed by atoms with van der Waals surface area (Å²) in [4.78, 5) is 10.1. The van der Waals surface area contributed by atoms with Crippen molar-refractivity contribution in [2.75, 3.05) is 11.9 Å². The van der Waals surface area contributed by atoms with Crippen LogP contribution in [0.1, 0.15) is 32.1 Å². The smallest absolute Gasteiger partial charge is 0.269 e. The van der Waals surface area contributed by atoms with Crippen molar-refractivity contribution in [3.63, 3.8) is 0 Å². The van der Waals surface area contributed by atoms with Crippen LogP contribution >= 0.6 is 15.9 Å². The molecule has 1 rings (SSSR count). The molecule has 100 valence electrons. The van der Waals surface area contributed by atoms with E-state index in [1.165, 1.54) is 37.8 Å². The topological polar surface area (TPSA) is 52.4 Å². The number of nitrogens with zero attached hydrogens (tertiary/aromatic N) is 1. The molecular formula is C13H18BrNO3. The Kier molecular flexibility index (Phi) is 7.41. The molecule has 18 heavy (non-hydrogen) atoms. The number of halogens is 1. The summed E-state index contributed by atoms with van der Waals surface area (Å²) in [5.41, 5.74) is 0.0946. The van der Waals surface area contributed by atoms with Crippen LogP contribution in [0.25, 0.3) is 0 Å². The van der Waals surface area contributed by atoms with E-state index in [1.54, 1.807) is 12.1 Å². The minimum Gasteiger partial charge on any atom is -0.494 e. The molecule has 0 aromatic heterocycles. The molecule has 5 heteroatoms. The van der Waals surface area contributed by atoms with E-state index in [2.05, 4.69) is 15.9 Å². The lowest BCUT2D eigenvalue weighted by molar-refractivity contribution is -0.384. The van der Waals surface area contributed by atoms with Crippen LogP contribution in [0.15, 0.2) is 24.3 Å². The van der Waals surface area contributed by atoms with E-state index in [-0.39, 0.29) is 5.69 Å². The second-order valence-corrected chi connectivity index (χ2v) is 4.85. The molecule has 0 amide bonds. The van der Waals surface area contributed by atoms with E-state index in [0.29, 0.717) is 12.4 Å². The van der Waals surface area contributed by atoms with Gasteiger partial charge in [-0.05, 0) is 25.0 Å². The van der Waals surface area contributed by atoms with Gasteiger partial charge in [-0.15, -0.1) is 0 Å². The van der Waals surface area contributed by atoms with Gasteiger partial charge in [0.2, 0.25) is 0 Å². The Bertz CT molecular complexity index is 354. The second-order valence-electron chi connectivity index (χ2n) is 4.06. The van der Waals surface area contributed by atoms with Gasteiger partial charge in [0.25, 0.3) is 5.69 Å². The van der Waals surface area contributed by atoms with Crippen molar-refractivity contribution in [2.45, 2.75) is 32.1 Å². The van der Waals surface area contributed by atoms with Gasteiger partial charge in [0.1, 0.15) is 5.75 Å². The molecule has 0 bridgehead atoms. The molecule has 0 radical (unpaired) electrons. The lowest BCUT2D eigenvalue weighted by atomic mass is 10.2. The average molecular weight is 316 g/mol. The van der Waals surface area contributed by atoms with E-state index in [4.69, 9.17) is 4.74 Å². The number of alkyl halides is 1. The molecule has 0 fully saturated rings. The minimum absolute atomic E-state index is 0.0946. The lowest BCUT2D eigenvalue weighted by Gasteiger charge is -2.05. The van der Waals surface area contributed by atoms with Crippen molar-refractivity contribution < 1.29 is 9.66 Å². The van der Waals surface area contributed by atoms with Gasteiger partial charge in [0.15, 0.2) is 0 Å². The normalized spacial score (nSPS) is 10.3. The Morgan fingerprint density at radius 1 is 1.06 bits per heavy atom. The number of nitro benzene ring substituents is 1. The van der Waals surface area contributed by atoms with Crippen LogP contribution in [-0.2, 0) is 0 Å². The molecule has 0 saturated heterocycles. The summed E-state index contributed by atoms with van der Waals surface area (Å²) in [6.07, 6.45) is 5.90. The highest BCUT2D eigenvalue weighted by molar-refractivity contribution is 9.09. The highest BCUT2D eigenvalue weighted by Crippen LogP contribution is 2.17. The van der Waals surface area contributed by atoms with Gasteiger partial charge in [-0.3, -0.25) is 10.1 Å². The van der Waals surface area contributed by atoms with E-state index in [1.807, 2.05) is 0 Å². The van der Waals surface area contributed by atoms with Crippen LogP contribution in [-0.4, -0.2) is 16.9 Å². The Hall–Kier alpha value is -1.10. The molecule has 0 aliphatic rings. The van der Waals surface area contributed by atoms with Crippen LogP contribution in [0.3, 0.4) is 0 Å². The number of non-ortho nitro benzene ring substituents is 1. The quantitative estimate of drug-likeness (QED) is 0.295. The molecule has 0 unspecified atom stereocenters. The third kappa shape index (κ3) is 6.00.